The number of aromatic amines is 2. The molecule has 1 aromatic carbocycles. The van der Waals surface area contributed by atoms with Crippen molar-refractivity contribution in [3.63, 3.8) is 0 Å². The number of carbonyl (C=O) groups is 1. The average molecular weight is 367 g/mol. The highest BCUT2D eigenvalue weighted by Crippen LogP contribution is 2.24. The minimum absolute atomic E-state index is 0.0188. The number of aromatic nitrogens is 3. The number of H-pyrrole nitrogens is 2. The lowest BCUT2D eigenvalue weighted by Gasteiger charge is -2.38. The molecule has 10 heteroatoms. The summed E-state index contributed by atoms with van der Waals surface area (Å²) in [6.07, 6.45) is 0.858. The van der Waals surface area contributed by atoms with Crippen molar-refractivity contribution in [1.29, 1.82) is 0 Å². The number of rotatable bonds is 6. The lowest BCUT2D eigenvalue weighted by Crippen LogP contribution is -2.57. The number of carbonyl (C=O) groups excluding carboxylic acids is 1. The van der Waals surface area contributed by atoms with Crippen molar-refractivity contribution in [2.75, 3.05) is 13.1 Å². The summed E-state index contributed by atoms with van der Waals surface area (Å²) in [5.74, 6) is -2.04. The summed E-state index contributed by atoms with van der Waals surface area (Å²) in [6.45, 7) is 0.671. The second-order valence-electron chi connectivity index (χ2n) is 6.34. The van der Waals surface area contributed by atoms with Crippen LogP contribution in [0.2, 0.25) is 0 Å². The van der Waals surface area contributed by atoms with E-state index >= 15 is 0 Å². The minimum atomic E-state index is -1.60. The van der Waals surface area contributed by atoms with Gasteiger partial charge in [-0.3, -0.25) is 9.78 Å². The van der Waals surface area contributed by atoms with Gasteiger partial charge in [0.2, 0.25) is 0 Å². The number of halogens is 2. The Labute approximate surface area is 147 Å². The van der Waals surface area contributed by atoms with Crippen molar-refractivity contribution in [1.82, 2.24) is 25.4 Å². The maximum atomic E-state index is 13.3. The maximum Gasteiger partial charge on any atom is 0.340 e. The second-order valence-corrected chi connectivity index (χ2v) is 6.34. The molecule has 0 bridgehead atoms. The number of hydrogen-bond donors (Lipinski definition) is 4. The lowest BCUT2D eigenvalue weighted by atomic mass is 9.91. The summed E-state index contributed by atoms with van der Waals surface area (Å²) in [4.78, 5) is 27.5. The molecule has 1 amide bonds. The first-order valence-corrected chi connectivity index (χ1v) is 8.17. The van der Waals surface area contributed by atoms with Crippen molar-refractivity contribution in [3.05, 3.63) is 51.7 Å². The molecular formula is C16H19F2N5O3. The zero-order valence-corrected chi connectivity index (χ0v) is 13.9. The second kappa shape index (κ2) is 7.34. The van der Waals surface area contributed by atoms with Gasteiger partial charge in [-0.15, -0.1) is 0 Å². The molecular weight excluding hydrogens is 348 g/mol. The molecule has 0 spiro atoms. The first-order chi connectivity index (χ1) is 12.4. The van der Waals surface area contributed by atoms with Crippen LogP contribution in [0.1, 0.15) is 24.2 Å². The number of nitrogens with zero attached hydrogens (tertiary/aromatic N) is 2. The molecule has 1 saturated heterocycles. The molecule has 26 heavy (non-hydrogen) atoms. The van der Waals surface area contributed by atoms with Crippen molar-refractivity contribution < 1.29 is 18.7 Å². The molecule has 1 aliphatic rings. The van der Waals surface area contributed by atoms with Gasteiger partial charge >= 0.3 is 5.69 Å². The number of likely N-dealkylation sites (tertiary alicyclic amines) is 1. The highest BCUT2D eigenvalue weighted by molar-refractivity contribution is 5.86. The fourth-order valence-electron chi connectivity index (χ4n) is 3.02. The standard InChI is InChI=1S/C16H19F2N5O3/c17-11-3-2-10(6-12(11)18)8-23-5-1-4-16(26,14(23)24)9-19-7-13-20-15(25)22-21-13/h2-3,6,19,26H,1,4-5,7-9H2,(H2,20,21,22,25)/t16-/m1/s1. The number of amides is 1. The first kappa shape index (κ1) is 18.2. The van der Waals surface area contributed by atoms with E-state index in [0.29, 0.717) is 24.4 Å². The van der Waals surface area contributed by atoms with Crippen LogP contribution in [0.25, 0.3) is 0 Å². The summed E-state index contributed by atoms with van der Waals surface area (Å²) < 4.78 is 26.4. The number of nitrogens with one attached hydrogen (secondary N) is 3. The van der Waals surface area contributed by atoms with Crippen LogP contribution in [-0.4, -0.2) is 49.8 Å². The largest absolute Gasteiger partial charge is 0.379 e. The van der Waals surface area contributed by atoms with E-state index in [4.69, 9.17) is 0 Å². The number of benzene rings is 1. The fourth-order valence-corrected chi connectivity index (χ4v) is 3.02. The number of hydrogen-bond acceptors (Lipinski definition) is 5. The van der Waals surface area contributed by atoms with E-state index in [-0.39, 0.29) is 26.1 Å². The zero-order valence-electron chi connectivity index (χ0n) is 13.9. The zero-order chi connectivity index (χ0) is 18.7. The minimum Gasteiger partial charge on any atom is -0.379 e. The Morgan fingerprint density at radius 1 is 1.31 bits per heavy atom. The Balaban J connectivity index is 1.61. The summed E-state index contributed by atoms with van der Waals surface area (Å²) in [6, 6.07) is 3.46. The molecule has 2 aromatic rings. The number of piperidine rings is 1. The first-order valence-electron chi connectivity index (χ1n) is 8.17. The molecule has 1 aliphatic heterocycles. The van der Waals surface area contributed by atoms with Crippen LogP contribution in [0, 0.1) is 11.6 Å². The van der Waals surface area contributed by atoms with Crippen LogP contribution < -0.4 is 11.0 Å². The topological polar surface area (TPSA) is 114 Å². The van der Waals surface area contributed by atoms with Gasteiger partial charge < -0.3 is 15.3 Å². The van der Waals surface area contributed by atoms with Crippen LogP contribution in [0.4, 0.5) is 8.78 Å². The Hall–Kier alpha value is -2.59. The summed E-state index contributed by atoms with van der Waals surface area (Å²) in [5.41, 5.74) is -1.59. The molecule has 0 aliphatic carbocycles. The molecule has 8 nitrogen and oxygen atoms in total. The van der Waals surface area contributed by atoms with E-state index in [0.717, 1.165) is 12.1 Å². The maximum absolute atomic E-state index is 13.3. The molecule has 2 heterocycles. The Kier molecular flexibility index (Phi) is 5.14. The Morgan fingerprint density at radius 2 is 2.12 bits per heavy atom. The van der Waals surface area contributed by atoms with E-state index in [9.17, 15) is 23.5 Å². The lowest BCUT2D eigenvalue weighted by molar-refractivity contribution is -0.157. The van der Waals surface area contributed by atoms with Crippen LogP contribution in [-0.2, 0) is 17.9 Å². The third kappa shape index (κ3) is 3.97. The summed E-state index contributed by atoms with van der Waals surface area (Å²) in [7, 11) is 0. The smallest absolute Gasteiger partial charge is 0.340 e. The van der Waals surface area contributed by atoms with Crippen molar-refractivity contribution in [3.8, 4) is 0 Å². The van der Waals surface area contributed by atoms with Gasteiger partial charge in [-0.25, -0.2) is 18.7 Å². The van der Waals surface area contributed by atoms with Crippen molar-refractivity contribution in [2.45, 2.75) is 31.5 Å². The molecule has 1 atom stereocenters. The van der Waals surface area contributed by atoms with Gasteiger partial charge in [-0.2, -0.15) is 5.10 Å². The molecule has 4 N–H and O–H groups in total. The van der Waals surface area contributed by atoms with Crippen LogP contribution in [0.15, 0.2) is 23.0 Å². The Morgan fingerprint density at radius 3 is 2.81 bits per heavy atom. The predicted molar refractivity (Wildman–Crippen MR) is 86.9 cm³/mol. The van der Waals surface area contributed by atoms with E-state index in [1.165, 1.54) is 11.0 Å². The molecule has 0 unspecified atom stereocenters. The van der Waals surface area contributed by atoms with Crippen LogP contribution in [0.5, 0.6) is 0 Å². The molecule has 0 saturated carbocycles. The number of aliphatic hydroxyl groups is 1. The van der Waals surface area contributed by atoms with Gasteiger partial charge in [0.15, 0.2) is 17.2 Å². The third-order valence-electron chi connectivity index (χ3n) is 4.32. The van der Waals surface area contributed by atoms with Gasteiger partial charge in [0, 0.05) is 19.6 Å². The highest BCUT2D eigenvalue weighted by atomic mass is 19.2. The summed E-state index contributed by atoms with van der Waals surface area (Å²) in [5, 5.41) is 19.5. The van der Waals surface area contributed by atoms with Gasteiger partial charge in [0.25, 0.3) is 5.91 Å². The fraction of sp³-hybridized carbons (Fsp3) is 0.438. The highest BCUT2D eigenvalue weighted by Gasteiger charge is 2.41. The van der Waals surface area contributed by atoms with Gasteiger partial charge in [0.05, 0.1) is 6.54 Å². The Bertz CT molecular complexity index is 852. The SMILES string of the molecule is O=C1N(Cc2ccc(F)c(F)c2)CCC[C@@]1(O)CNCc1n[nH]c(=O)[nH]1. The molecule has 1 aromatic heterocycles. The van der Waals surface area contributed by atoms with E-state index in [1.807, 2.05) is 0 Å². The quantitative estimate of drug-likeness (QED) is 0.575. The van der Waals surface area contributed by atoms with E-state index in [1.54, 1.807) is 0 Å². The molecule has 1 fully saturated rings. The van der Waals surface area contributed by atoms with Crippen LogP contribution in [0.3, 0.4) is 0 Å². The van der Waals surface area contributed by atoms with Gasteiger partial charge in [-0.05, 0) is 30.5 Å². The predicted octanol–water partition coefficient (Wildman–Crippen LogP) is 0.0195. The third-order valence-corrected chi connectivity index (χ3v) is 4.32. The normalized spacial score (nSPS) is 20.6. The van der Waals surface area contributed by atoms with Crippen LogP contribution >= 0.6 is 0 Å². The molecule has 140 valence electrons. The van der Waals surface area contributed by atoms with E-state index < -0.39 is 28.8 Å². The van der Waals surface area contributed by atoms with Crippen molar-refractivity contribution in [2.24, 2.45) is 0 Å². The summed E-state index contributed by atoms with van der Waals surface area (Å²) >= 11 is 0. The van der Waals surface area contributed by atoms with Crippen molar-refractivity contribution >= 4 is 5.91 Å². The van der Waals surface area contributed by atoms with E-state index in [2.05, 4.69) is 20.5 Å². The molecule has 0 radical (unpaired) electrons. The average Bonchev–Trinajstić information content (AvgIpc) is 3.01. The van der Waals surface area contributed by atoms with Gasteiger partial charge in [0.1, 0.15) is 5.82 Å². The van der Waals surface area contributed by atoms with Gasteiger partial charge in [-0.1, -0.05) is 6.07 Å². The molecule has 3 rings (SSSR count). The monoisotopic (exact) mass is 367 g/mol.